The highest BCUT2D eigenvalue weighted by molar-refractivity contribution is 5.65. The molecule has 33 heavy (non-hydrogen) atoms. The van der Waals surface area contributed by atoms with Crippen molar-refractivity contribution >= 4 is 0 Å². The number of rotatable bonds is 12. The highest BCUT2D eigenvalue weighted by Crippen LogP contribution is 2.36. The van der Waals surface area contributed by atoms with Gasteiger partial charge in [-0.25, -0.2) is 9.07 Å². The summed E-state index contributed by atoms with van der Waals surface area (Å²) in [4.78, 5) is 2.31. The summed E-state index contributed by atoms with van der Waals surface area (Å²) in [6, 6.07) is 16.1. The number of aliphatic hydroxyl groups is 1. The number of hydrogen-bond donors (Lipinski definition) is 1. The summed E-state index contributed by atoms with van der Waals surface area (Å²) < 4.78 is 21.4. The Balaban J connectivity index is 1.66. The van der Waals surface area contributed by atoms with E-state index in [-0.39, 0.29) is 5.82 Å². The van der Waals surface area contributed by atoms with Crippen molar-refractivity contribution in [3.8, 4) is 22.9 Å². The Morgan fingerprint density at radius 2 is 1.94 bits per heavy atom. The standard InChI is InChI=1S/C27H32FN3O2/c1-3-4-10-23(32)18-31(17-20-11-12-20)19-25-26(21-8-6-5-7-9-21)29-30(2)27(25)33-24-15-13-22(28)14-16-24/h3,5-9,13-16,20,23,32H,1,4,10-12,17-19H2,2H3/t23-/m1/s1. The first-order chi connectivity index (χ1) is 16.0. The third-order valence-electron chi connectivity index (χ3n) is 5.93. The molecule has 174 valence electrons. The number of ether oxygens (including phenoxy) is 1. The minimum atomic E-state index is -0.417. The monoisotopic (exact) mass is 449 g/mol. The van der Waals surface area contributed by atoms with Crippen LogP contribution in [0.1, 0.15) is 31.2 Å². The lowest BCUT2D eigenvalue weighted by Crippen LogP contribution is -2.33. The van der Waals surface area contributed by atoms with Gasteiger partial charge in [0.25, 0.3) is 0 Å². The topological polar surface area (TPSA) is 50.5 Å². The highest BCUT2D eigenvalue weighted by atomic mass is 19.1. The van der Waals surface area contributed by atoms with Crippen molar-refractivity contribution < 1.29 is 14.2 Å². The second-order valence-electron chi connectivity index (χ2n) is 8.84. The maximum atomic E-state index is 13.4. The molecule has 0 unspecified atom stereocenters. The molecule has 2 aromatic carbocycles. The number of halogens is 1. The second-order valence-corrected chi connectivity index (χ2v) is 8.84. The third-order valence-corrected chi connectivity index (χ3v) is 5.93. The fourth-order valence-corrected chi connectivity index (χ4v) is 4.06. The van der Waals surface area contributed by atoms with E-state index in [4.69, 9.17) is 9.84 Å². The van der Waals surface area contributed by atoms with Crippen LogP contribution in [0.3, 0.4) is 0 Å². The molecule has 0 aliphatic heterocycles. The summed E-state index contributed by atoms with van der Waals surface area (Å²) in [6.45, 7) is 5.90. The molecule has 0 amide bonds. The molecular weight excluding hydrogens is 417 g/mol. The Morgan fingerprint density at radius 1 is 1.21 bits per heavy atom. The fourth-order valence-electron chi connectivity index (χ4n) is 4.06. The van der Waals surface area contributed by atoms with Gasteiger partial charge in [0, 0.05) is 32.2 Å². The van der Waals surface area contributed by atoms with Crippen molar-refractivity contribution in [1.82, 2.24) is 14.7 Å². The number of hydrogen-bond acceptors (Lipinski definition) is 4. The smallest absolute Gasteiger partial charge is 0.222 e. The average Bonchev–Trinajstić information content (AvgIpc) is 3.58. The van der Waals surface area contributed by atoms with Crippen molar-refractivity contribution in [1.29, 1.82) is 0 Å². The fraction of sp³-hybridized carbons (Fsp3) is 0.370. The van der Waals surface area contributed by atoms with Gasteiger partial charge in [-0.1, -0.05) is 36.4 Å². The molecule has 0 bridgehead atoms. The first-order valence-corrected chi connectivity index (χ1v) is 11.6. The lowest BCUT2D eigenvalue weighted by atomic mass is 10.1. The van der Waals surface area contributed by atoms with Crippen LogP contribution >= 0.6 is 0 Å². The van der Waals surface area contributed by atoms with E-state index in [1.165, 1.54) is 25.0 Å². The van der Waals surface area contributed by atoms with E-state index in [1.54, 1.807) is 16.8 Å². The average molecular weight is 450 g/mol. The molecule has 4 rings (SSSR count). The van der Waals surface area contributed by atoms with E-state index in [0.29, 0.717) is 37.1 Å². The van der Waals surface area contributed by atoms with Crippen LogP contribution in [0.25, 0.3) is 11.3 Å². The molecule has 1 heterocycles. The van der Waals surface area contributed by atoms with Crippen molar-refractivity contribution in [2.45, 2.75) is 38.3 Å². The van der Waals surface area contributed by atoms with E-state index < -0.39 is 6.10 Å². The van der Waals surface area contributed by atoms with Gasteiger partial charge in [0.2, 0.25) is 5.88 Å². The van der Waals surface area contributed by atoms with Gasteiger partial charge >= 0.3 is 0 Å². The van der Waals surface area contributed by atoms with Gasteiger partial charge in [0.05, 0.1) is 11.7 Å². The van der Waals surface area contributed by atoms with Gasteiger partial charge < -0.3 is 9.84 Å². The van der Waals surface area contributed by atoms with E-state index in [0.717, 1.165) is 29.8 Å². The largest absolute Gasteiger partial charge is 0.439 e. The van der Waals surface area contributed by atoms with E-state index in [2.05, 4.69) is 11.5 Å². The summed E-state index contributed by atoms with van der Waals surface area (Å²) in [7, 11) is 1.86. The van der Waals surface area contributed by atoms with Crippen LogP contribution in [0, 0.1) is 11.7 Å². The number of aryl methyl sites for hydroxylation is 1. The zero-order valence-corrected chi connectivity index (χ0v) is 19.2. The van der Waals surface area contributed by atoms with Crippen LogP contribution < -0.4 is 4.74 Å². The number of benzene rings is 2. The number of nitrogens with zero attached hydrogens (tertiary/aromatic N) is 3. The lowest BCUT2D eigenvalue weighted by molar-refractivity contribution is 0.0992. The quantitative estimate of drug-likeness (QED) is 0.368. The molecule has 1 atom stereocenters. The minimum absolute atomic E-state index is 0.304. The lowest BCUT2D eigenvalue weighted by Gasteiger charge is -2.25. The Bertz CT molecular complexity index is 1050. The minimum Gasteiger partial charge on any atom is -0.439 e. The Morgan fingerprint density at radius 3 is 2.61 bits per heavy atom. The summed E-state index contributed by atoms with van der Waals surface area (Å²) in [5.41, 5.74) is 2.83. The van der Waals surface area contributed by atoms with E-state index in [9.17, 15) is 9.50 Å². The molecule has 1 aliphatic carbocycles. The van der Waals surface area contributed by atoms with Gasteiger partial charge in [0.1, 0.15) is 17.3 Å². The first-order valence-electron chi connectivity index (χ1n) is 11.6. The number of aliphatic hydroxyl groups excluding tert-OH is 1. The predicted octanol–water partition coefficient (Wildman–Crippen LogP) is 5.56. The normalized spacial score (nSPS) is 14.4. The SMILES string of the molecule is C=CCC[C@@H](O)CN(Cc1c(-c2ccccc2)nn(C)c1Oc1ccc(F)cc1)CC1CC1. The van der Waals surface area contributed by atoms with Crippen LogP contribution in [0.2, 0.25) is 0 Å². The summed E-state index contributed by atoms with van der Waals surface area (Å²) >= 11 is 0. The maximum absolute atomic E-state index is 13.4. The molecule has 0 radical (unpaired) electrons. The zero-order valence-electron chi connectivity index (χ0n) is 19.2. The molecule has 6 heteroatoms. The van der Waals surface area contributed by atoms with E-state index in [1.807, 2.05) is 43.5 Å². The van der Waals surface area contributed by atoms with Crippen molar-refractivity contribution in [3.05, 3.63) is 78.6 Å². The predicted molar refractivity (Wildman–Crippen MR) is 129 cm³/mol. The summed E-state index contributed by atoms with van der Waals surface area (Å²) in [5.74, 6) is 1.55. The third kappa shape index (κ3) is 6.30. The van der Waals surface area contributed by atoms with Gasteiger partial charge in [0.15, 0.2) is 0 Å². The molecule has 0 saturated heterocycles. The molecule has 1 aromatic heterocycles. The Labute approximate surface area is 195 Å². The van der Waals surface area contributed by atoms with Crippen LogP contribution in [0.5, 0.6) is 11.6 Å². The van der Waals surface area contributed by atoms with Crippen molar-refractivity contribution in [2.75, 3.05) is 13.1 Å². The Hall–Kier alpha value is -2.96. The van der Waals surface area contributed by atoms with Gasteiger partial charge in [-0.2, -0.15) is 5.10 Å². The van der Waals surface area contributed by atoms with Crippen molar-refractivity contribution in [3.63, 3.8) is 0 Å². The molecular formula is C27H32FN3O2. The molecule has 1 N–H and O–H groups in total. The molecule has 1 saturated carbocycles. The Kier molecular flexibility index (Phi) is 7.57. The van der Waals surface area contributed by atoms with Gasteiger partial charge in [-0.05, 0) is 55.9 Å². The molecule has 1 fully saturated rings. The first kappa shape index (κ1) is 23.2. The van der Waals surface area contributed by atoms with Crippen molar-refractivity contribution in [2.24, 2.45) is 13.0 Å². The molecule has 5 nitrogen and oxygen atoms in total. The van der Waals surface area contributed by atoms with Crippen LogP contribution in [-0.4, -0.2) is 39.0 Å². The molecule has 3 aromatic rings. The number of allylic oxidation sites excluding steroid dienone is 1. The summed E-state index contributed by atoms with van der Waals surface area (Å²) in [5, 5.41) is 15.4. The van der Waals surface area contributed by atoms with Crippen LogP contribution in [0.15, 0.2) is 67.3 Å². The molecule has 0 spiro atoms. The highest BCUT2D eigenvalue weighted by Gasteiger charge is 2.28. The van der Waals surface area contributed by atoms with Crippen LogP contribution in [0.4, 0.5) is 4.39 Å². The van der Waals surface area contributed by atoms with Gasteiger partial charge in [-0.15, -0.1) is 6.58 Å². The molecule has 1 aliphatic rings. The van der Waals surface area contributed by atoms with Gasteiger partial charge in [-0.3, -0.25) is 4.90 Å². The van der Waals surface area contributed by atoms with Crippen LogP contribution in [-0.2, 0) is 13.6 Å². The summed E-state index contributed by atoms with van der Waals surface area (Å²) in [6.07, 6.45) is 5.38. The maximum Gasteiger partial charge on any atom is 0.222 e. The number of aromatic nitrogens is 2. The zero-order chi connectivity index (χ0) is 23.2. The second kappa shape index (κ2) is 10.8. The van der Waals surface area contributed by atoms with E-state index >= 15 is 0 Å².